The molecule has 0 aliphatic rings. The lowest BCUT2D eigenvalue weighted by molar-refractivity contribution is 0.471. The maximum absolute atomic E-state index is 9.90. The average Bonchev–Trinajstić information content (AvgIpc) is 2.86. The van der Waals surface area contributed by atoms with Crippen LogP contribution in [0.1, 0.15) is 5.56 Å². The van der Waals surface area contributed by atoms with Crippen LogP contribution in [0.3, 0.4) is 0 Å². The van der Waals surface area contributed by atoms with E-state index in [-0.39, 0.29) is 5.75 Å². The fraction of sp³-hybridized carbons (Fsp3) is 0. The Hall–Kier alpha value is -1.63. The molecular formula is C14H9BrClN3OS. The summed E-state index contributed by atoms with van der Waals surface area (Å²) in [6.45, 7) is 0. The number of aromatic nitrogens is 1. The summed E-state index contributed by atoms with van der Waals surface area (Å²) in [7, 11) is 0. The number of aromatic hydroxyl groups is 1. The first kappa shape index (κ1) is 14.3. The van der Waals surface area contributed by atoms with Crippen LogP contribution in [0.25, 0.3) is 10.2 Å². The van der Waals surface area contributed by atoms with Gasteiger partial charge in [0.05, 0.1) is 20.9 Å². The first-order valence-corrected chi connectivity index (χ1v) is 7.95. The summed E-state index contributed by atoms with van der Waals surface area (Å²) in [5.41, 5.74) is 4.30. The van der Waals surface area contributed by atoms with Gasteiger partial charge in [-0.05, 0) is 40.2 Å². The van der Waals surface area contributed by atoms with Crippen LogP contribution in [0.4, 0.5) is 5.13 Å². The molecule has 2 N–H and O–H groups in total. The van der Waals surface area contributed by atoms with Gasteiger partial charge in [-0.2, -0.15) is 5.10 Å². The van der Waals surface area contributed by atoms with E-state index in [0.29, 0.717) is 20.2 Å². The number of thiazole rings is 1. The van der Waals surface area contributed by atoms with Crippen LogP contribution >= 0.6 is 38.9 Å². The Morgan fingerprint density at radius 3 is 2.95 bits per heavy atom. The van der Waals surface area contributed by atoms with Gasteiger partial charge in [-0.15, -0.1) is 0 Å². The zero-order chi connectivity index (χ0) is 14.8. The predicted octanol–water partition coefficient (Wildman–Crippen LogP) is 4.86. The first-order chi connectivity index (χ1) is 10.1. The molecule has 0 radical (unpaired) electrons. The van der Waals surface area contributed by atoms with Crippen molar-refractivity contribution in [2.45, 2.75) is 0 Å². The second-order valence-corrected chi connectivity index (χ2v) is 6.50. The first-order valence-electron chi connectivity index (χ1n) is 5.96. The molecule has 4 nitrogen and oxygen atoms in total. The number of para-hydroxylation sites is 1. The second kappa shape index (κ2) is 6.01. The predicted molar refractivity (Wildman–Crippen MR) is 91.7 cm³/mol. The molecule has 0 saturated carbocycles. The molecular weight excluding hydrogens is 374 g/mol. The van der Waals surface area contributed by atoms with Crippen molar-refractivity contribution in [1.29, 1.82) is 0 Å². The van der Waals surface area contributed by atoms with Crippen LogP contribution in [-0.2, 0) is 0 Å². The molecule has 0 amide bonds. The van der Waals surface area contributed by atoms with Gasteiger partial charge in [-0.25, -0.2) is 4.98 Å². The number of halogens is 2. The van der Waals surface area contributed by atoms with Gasteiger partial charge in [-0.3, -0.25) is 5.43 Å². The van der Waals surface area contributed by atoms with Gasteiger partial charge in [0.15, 0.2) is 0 Å². The summed E-state index contributed by atoms with van der Waals surface area (Å²) in [6.07, 6.45) is 1.50. The molecule has 3 rings (SSSR count). The highest BCUT2D eigenvalue weighted by molar-refractivity contribution is 9.10. The molecule has 0 saturated heterocycles. The third-order valence-corrected chi connectivity index (χ3v) is 4.48. The molecule has 1 heterocycles. The number of anilines is 1. The van der Waals surface area contributed by atoms with E-state index in [4.69, 9.17) is 11.6 Å². The van der Waals surface area contributed by atoms with E-state index in [9.17, 15) is 5.11 Å². The Morgan fingerprint density at radius 2 is 2.14 bits per heavy atom. The molecule has 7 heteroatoms. The molecule has 0 unspecified atom stereocenters. The molecule has 3 aromatic rings. The maximum Gasteiger partial charge on any atom is 0.204 e. The minimum absolute atomic E-state index is 0.0919. The molecule has 21 heavy (non-hydrogen) atoms. The van der Waals surface area contributed by atoms with Gasteiger partial charge >= 0.3 is 0 Å². The Labute approximate surface area is 138 Å². The zero-order valence-electron chi connectivity index (χ0n) is 10.5. The van der Waals surface area contributed by atoms with Crippen molar-refractivity contribution in [1.82, 2.24) is 4.98 Å². The average molecular weight is 383 g/mol. The molecule has 1 aromatic heterocycles. The van der Waals surface area contributed by atoms with Crippen LogP contribution in [-0.4, -0.2) is 16.3 Å². The Morgan fingerprint density at radius 1 is 1.33 bits per heavy atom. The van der Waals surface area contributed by atoms with Crippen molar-refractivity contribution in [3.8, 4) is 5.75 Å². The highest BCUT2D eigenvalue weighted by Gasteiger charge is 2.06. The van der Waals surface area contributed by atoms with E-state index in [1.807, 2.05) is 24.3 Å². The SMILES string of the molecule is Oc1c(Br)cc(Cl)cc1C=NNc1nc2ccccc2s1. The minimum atomic E-state index is 0.0919. The van der Waals surface area contributed by atoms with Crippen LogP contribution in [0.15, 0.2) is 46.0 Å². The lowest BCUT2D eigenvalue weighted by atomic mass is 10.2. The van der Waals surface area contributed by atoms with E-state index in [2.05, 4.69) is 31.4 Å². The number of phenols is 1. The smallest absolute Gasteiger partial charge is 0.204 e. The third kappa shape index (κ3) is 3.18. The van der Waals surface area contributed by atoms with Gasteiger partial charge in [-0.1, -0.05) is 35.1 Å². The van der Waals surface area contributed by atoms with E-state index in [1.54, 1.807) is 12.1 Å². The Kier molecular flexibility index (Phi) is 4.10. The standard InChI is InChI=1S/C14H9BrClN3OS/c15-10-6-9(16)5-8(13(10)20)7-17-19-14-18-11-3-1-2-4-12(11)21-14/h1-7,20H,(H,18,19). The molecule has 106 valence electrons. The van der Waals surface area contributed by atoms with Gasteiger partial charge in [0.1, 0.15) is 5.75 Å². The van der Waals surface area contributed by atoms with Crippen LogP contribution in [0, 0.1) is 0 Å². The lowest BCUT2D eigenvalue weighted by Gasteiger charge is -2.02. The van der Waals surface area contributed by atoms with Crippen molar-refractivity contribution in [2.24, 2.45) is 5.10 Å². The number of benzene rings is 2. The topological polar surface area (TPSA) is 57.5 Å². The van der Waals surface area contributed by atoms with E-state index in [1.165, 1.54) is 17.6 Å². The van der Waals surface area contributed by atoms with Gasteiger partial charge in [0, 0.05) is 10.6 Å². The number of hydrogen-bond acceptors (Lipinski definition) is 5. The quantitative estimate of drug-likeness (QED) is 0.502. The Balaban J connectivity index is 1.81. The lowest BCUT2D eigenvalue weighted by Crippen LogP contribution is -1.90. The number of rotatable bonds is 3. The van der Waals surface area contributed by atoms with Crippen molar-refractivity contribution in [3.63, 3.8) is 0 Å². The molecule has 0 aliphatic heterocycles. The van der Waals surface area contributed by atoms with Crippen molar-refractivity contribution in [2.75, 3.05) is 5.43 Å². The molecule has 0 atom stereocenters. The van der Waals surface area contributed by atoms with E-state index < -0.39 is 0 Å². The molecule has 0 spiro atoms. The zero-order valence-corrected chi connectivity index (χ0v) is 13.7. The van der Waals surface area contributed by atoms with Crippen LogP contribution in [0.2, 0.25) is 5.02 Å². The number of fused-ring (bicyclic) bond motifs is 1. The summed E-state index contributed by atoms with van der Waals surface area (Å²) < 4.78 is 1.61. The summed E-state index contributed by atoms with van der Waals surface area (Å²) >= 11 is 10.7. The van der Waals surface area contributed by atoms with Crippen LogP contribution in [0.5, 0.6) is 5.75 Å². The van der Waals surface area contributed by atoms with Crippen molar-refractivity contribution < 1.29 is 5.11 Å². The molecule has 2 aromatic carbocycles. The number of phenolic OH excluding ortho intramolecular Hbond substituents is 1. The fourth-order valence-corrected chi connectivity index (χ4v) is 3.41. The van der Waals surface area contributed by atoms with E-state index in [0.717, 1.165) is 10.2 Å². The van der Waals surface area contributed by atoms with Gasteiger partial charge in [0.2, 0.25) is 5.13 Å². The highest BCUT2D eigenvalue weighted by Crippen LogP contribution is 2.30. The van der Waals surface area contributed by atoms with E-state index >= 15 is 0 Å². The van der Waals surface area contributed by atoms with Crippen molar-refractivity contribution >= 4 is 60.4 Å². The number of nitrogens with one attached hydrogen (secondary N) is 1. The van der Waals surface area contributed by atoms with Crippen LogP contribution < -0.4 is 5.43 Å². The molecule has 0 aliphatic carbocycles. The Bertz CT molecular complexity index is 801. The van der Waals surface area contributed by atoms with Crippen molar-refractivity contribution in [3.05, 3.63) is 51.5 Å². The largest absolute Gasteiger partial charge is 0.506 e. The third-order valence-electron chi connectivity index (χ3n) is 2.72. The monoisotopic (exact) mass is 381 g/mol. The molecule has 0 bridgehead atoms. The number of hydrogen-bond donors (Lipinski definition) is 2. The second-order valence-electron chi connectivity index (χ2n) is 4.18. The minimum Gasteiger partial charge on any atom is -0.506 e. The number of nitrogens with zero attached hydrogens (tertiary/aromatic N) is 2. The maximum atomic E-state index is 9.90. The van der Waals surface area contributed by atoms with Gasteiger partial charge in [0.25, 0.3) is 0 Å². The summed E-state index contributed by atoms with van der Waals surface area (Å²) in [6, 6.07) is 11.1. The highest BCUT2D eigenvalue weighted by atomic mass is 79.9. The number of hydrazone groups is 1. The normalized spacial score (nSPS) is 11.3. The summed E-state index contributed by atoms with van der Waals surface area (Å²) in [4.78, 5) is 4.40. The summed E-state index contributed by atoms with van der Waals surface area (Å²) in [5.74, 6) is 0.0919. The molecule has 0 fully saturated rings. The fourth-order valence-electron chi connectivity index (χ4n) is 1.76. The van der Waals surface area contributed by atoms with Gasteiger partial charge < -0.3 is 5.11 Å². The summed E-state index contributed by atoms with van der Waals surface area (Å²) in [5, 5.41) is 15.2.